The lowest BCUT2D eigenvalue weighted by molar-refractivity contribution is -0.379. The maximum absolute atomic E-state index is 13.5. The van der Waals surface area contributed by atoms with Gasteiger partial charge >= 0.3 is 0 Å². The second-order valence-corrected chi connectivity index (χ2v) is 28.5. The standard InChI is InChI=1S/C80H145NO18/c1-3-5-7-9-11-13-15-17-19-21-23-25-27-29-31-33-35-37-39-41-43-45-47-49-51-53-55-57-64(85)63(81-68(86)58-56-54-52-50-48-46-44-42-40-38-36-34-32-30-28-26-24-22-20-18-16-14-12-10-8-6-4-2)62-94-78-74(92)71(89)76(66(60-83)96-78)99-80-75(93)72(90)77(67(61-84)97-80)98-79-73(91)70(88)69(87)65(59-82)95-79/h6,8,12,14,18,20,24,26,55,57,63-67,69-80,82-85,87-93H,3-5,7,9-11,13,15-17,19,21-23,25,27-54,56,58-62H2,1-2H3,(H,81,86)/b8-6-,14-12-,20-18-,26-24-,57-55+. The first-order chi connectivity index (χ1) is 48.3. The lowest BCUT2D eigenvalue weighted by atomic mass is 9.96. The normalized spacial score (nSPS) is 26.9. The number of nitrogens with one attached hydrogen (secondary N) is 1. The van der Waals surface area contributed by atoms with Crippen LogP contribution in [-0.4, -0.2) is 193 Å². The number of rotatable bonds is 63. The molecular formula is C80H145NO18. The second-order valence-electron chi connectivity index (χ2n) is 28.5. The van der Waals surface area contributed by atoms with Crippen molar-refractivity contribution in [2.45, 2.75) is 413 Å². The highest BCUT2D eigenvalue weighted by Gasteiger charge is 2.54. The van der Waals surface area contributed by atoms with Gasteiger partial charge in [-0.15, -0.1) is 0 Å². The van der Waals surface area contributed by atoms with Crippen LogP contribution in [0, 0.1) is 0 Å². The van der Waals surface area contributed by atoms with E-state index in [-0.39, 0.29) is 18.9 Å². The number of carbonyl (C=O) groups excluding carboxylic acids is 1. The van der Waals surface area contributed by atoms with E-state index in [1.54, 1.807) is 6.08 Å². The van der Waals surface area contributed by atoms with Crippen LogP contribution in [0.3, 0.4) is 0 Å². The molecule has 3 saturated heterocycles. The predicted octanol–water partition coefficient (Wildman–Crippen LogP) is 13.1. The van der Waals surface area contributed by atoms with Crippen LogP contribution in [-0.2, 0) is 33.2 Å². The molecule has 0 radical (unpaired) electrons. The minimum atomic E-state index is -1.98. The fourth-order valence-corrected chi connectivity index (χ4v) is 13.4. The first kappa shape index (κ1) is 90.7. The highest BCUT2D eigenvalue weighted by atomic mass is 16.8. The topological polar surface area (TPSA) is 307 Å². The monoisotopic (exact) mass is 1410 g/mol. The van der Waals surface area contributed by atoms with Crippen LogP contribution < -0.4 is 5.32 Å². The average molecular weight is 1410 g/mol. The maximum Gasteiger partial charge on any atom is 0.220 e. The summed E-state index contributed by atoms with van der Waals surface area (Å²) in [7, 11) is 0. The third-order valence-corrected chi connectivity index (χ3v) is 19.8. The van der Waals surface area contributed by atoms with E-state index < -0.39 is 124 Å². The van der Waals surface area contributed by atoms with Crippen molar-refractivity contribution in [2.24, 2.45) is 0 Å². The molecule has 99 heavy (non-hydrogen) atoms. The highest BCUT2D eigenvalue weighted by molar-refractivity contribution is 5.76. The molecule has 3 heterocycles. The molecule has 17 unspecified atom stereocenters. The Kier molecular flexibility index (Phi) is 55.6. The van der Waals surface area contributed by atoms with E-state index in [9.17, 15) is 61.0 Å². The summed E-state index contributed by atoms with van der Waals surface area (Å²) in [5.41, 5.74) is 0. The zero-order valence-electron chi connectivity index (χ0n) is 61.7. The first-order valence-corrected chi connectivity index (χ1v) is 40.0. The van der Waals surface area contributed by atoms with Crippen molar-refractivity contribution in [1.82, 2.24) is 5.32 Å². The molecule has 19 heteroatoms. The van der Waals surface area contributed by atoms with Crippen molar-refractivity contribution in [3.63, 3.8) is 0 Å². The third kappa shape index (κ3) is 41.1. The summed E-state index contributed by atoms with van der Waals surface area (Å²) in [4.78, 5) is 13.5. The van der Waals surface area contributed by atoms with Gasteiger partial charge in [0.25, 0.3) is 0 Å². The summed E-state index contributed by atoms with van der Waals surface area (Å²) in [5.74, 6) is -0.274. The summed E-state index contributed by atoms with van der Waals surface area (Å²) >= 11 is 0. The van der Waals surface area contributed by atoms with E-state index in [2.05, 4.69) is 67.8 Å². The summed E-state index contributed by atoms with van der Waals surface area (Å²) in [6.45, 7) is 1.66. The number of carbonyl (C=O) groups is 1. The quantitative estimate of drug-likeness (QED) is 0.0199. The minimum Gasteiger partial charge on any atom is -0.394 e. The molecule has 1 amide bonds. The molecular weight excluding hydrogens is 1260 g/mol. The molecule has 0 aliphatic carbocycles. The number of aliphatic hydroxyl groups is 11. The third-order valence-electron chi connectivity index (χ3n) is 19.8. The Labute approximate surface area is 598 Å². The Hall–Kier alpha value is -2.51. The smallest absolute Gasteiger partial charge is 0.220 e. The summed E-state index contributed by atoms with van der Waals surface area (Å²) in [6, 6.07) is -0.977. The van der Waals surface area contributed by atoms with Crippen LogP contribution in [0.1, 0.15) is 309 Å². The van der Waals surface area contributed by atoms with Crippen molar-refractivity contribution in [1.29, 1.82) is 0 Å². The van der Waals surface area contributed by atoms with Gasteiger partial charge < -0.3 is 89.9 Å². The van der Waals surface area contributed by atoms with Gasteiger partial charge in [-0.2, -0.15) is 0 Å². The predicted molar refractivity (Wildman–Crippen MR) is 392 cm³/mol. The largest absolute Gasteiger partial charge is 0.394 e. The van der Waals surface area contributed by atoms with Gasteiger partial charge in [0.1, 0.15) is 73.2 Å². The van der Waals surface area contributed by atoms with Crippen LogP contribution >= 0.6 is 0 Å². The van der Waals surface area contributed by atoms with E-state index in [0.717, 1.165) is 77.0 Å². The van der Waals surface area contributed by atoms with Crippen LogP contribution in [0.15, 0.2) is 60.8 Å². The van der Waals surface area contributed by atoms with Gasteiger partial charge in [0.2, 0.25) is 5.91 Å². The highest BCUT2D eigenvalue weighted by Crippen LogP contribution is 2.33. The first-order valence-electron chi connectivity index (χ1n) is 40.0. The number of aliphatic hydroxyl groups excluding tert-OH is 11. The Morgan fingerprint density at radius 2 is 0.697 bits per heavy atom. The SMILES string of the molecule is CC/C=C\C/C=C\C/C=C\C/C=C\CCCCCCCCCCCCCCCCC(=O)NC(COC1OC(CO)C(OC2OC(CO)C(OC3OC(CO)C(O)C(O)C3O)C(O)C2O)C(O)C1O)C(O)/C=C/CCCCCCCCCCCCCCCCCCCCCCCCCCC. The molecule has 0 bridgehead atoms. The number of ether oxygens (including phenoxy) is 6. The van der Waals surface area contributed by atoms with Crippen molar-refractivity contribution in [3.05, 3.63) is 60.8 Å². The van der Waals surface area contributed by atoms with Crippen molar-refractivity contribution < 1.29 is 89.4 Å². The lowest BCUT2D eigenvalue weighted by Gasteiger charge is -2.48. The summed E-state index contributed by atoms with van der Waals surface area (Å²) in [6.07, 6.45) is 50.6. The molecule has 19 nitrogen and oxygen atoms in total. The van der Waals surface area contributed by atoms with Crippen LogP contribution in [0.4, 0.5) is 0 Å². The molecule has 3 aliphatic rings. The van der Waals surface area contributed by atoms with E-state index in [1.807, 2.05) is 6.08 Å². The number of allylic oxidation sites excluding steroid dienone is 9. The molecule has 0 aromatic carbocycles. The molecule has 3 aliphatic heterocycles. The minimum absolute atomic E-state index is 0.241. The van der Waals surface area contributed by atoms with Crippen molar-refractivity contribution in [3.8, 4) is 0 Å². The van der Waals surface area contributed by atoms with Crippen LogP contribution in [0.2, 0.25) is 0 Å². The van der Waals surface area contributed by atoms with Gasteiger partial charge in [0.05, 0.1) is 38.6 Å². The number of amides is 1. The van der Waals surface area contributed by atoms with E-state index in [1.165, 1.54) is 205 Å². The van der Waals surface area contributed by atoms with Gasteiger partial charge in [-0.05, 0) is 57.8 Å². The Morgan fingerprint density at radius 3 is 1.09 bits per heavy atom. The molecule has 12 N–H and O–H groups in total. The van der Waals surface area contributed by atoms with Crippen LogP contribution in [0.5, 0.6) is 0 Å². The number of hydrogen-bond donors (Lipinski definition) is 12. The van der Waals surface area contributed by atoms with E-state index >= 15 is 0 Å². The average Bonchev–Trinajstić information content (AvgIpc) is 0.784. The molecule has 0 spiro atoms. The zero-order valence-corrected chi connectivity index (χ0v) is 61.7. The molecule has 17 atom stereocenters. The van der Waals surface area contributed by atoms with E-state index in [0.29, 0.717) is 6.42 Å². The molecule has 3 fully saturated rings. The van der Waals surface area contributed by atoms with E-state index in [4.69, 9.17) is 28.4 Å². The number of unbranched alkanes of at least 4 members (excludes halogenated alkanes) is 39. The molecule has 0 aromatic heterocycles. The Bertz CT molecular complexity index is 2020. The molecule has 0 aromatic rings. The van der Waals surface area contributed by atoms with Gasteiger partial charge in [0.15, 0.2) is 18.9 Å². The van der Waals surface area contributed by atoms with Gasteiger partial charge in [-0.1, -0.05) is 306 Å². The summed E-state index contributed by atoms with van der Waals surface area (Å²) in [5, 5.41) is 121. The maximum atomic E-state index is 13.5. The van der Waals surface area contributed by atoms with Gasteiger partial charge in [-0.3, -0.25) is 4.79 Å². The Balaban J connectivity index is 1.38. The Morgan fingerprint density at radius 1 is 0.374 bits per heavy atom. The van der Waals surface area contributed by atoms with Crippen LogP contribution in [0.25, 0.3) is 0 Å². The molecule has 578 valence electrons. The number of hydrogen-bond acceptors (Lipinski definition) is 18. The van der Waals surface area contributed by atoms with Crippen molar-refractivity contribution in [2.75, 3.05) is 26.4 Å². The zero-order chi connectivity index (χ0) is 71.8. The van der Waals surface area contributed by atoms with Gasteiger partial charge in [-0.25, -0.2) is 0 Å². The van der Waals surface area contributed by atoms with Crippen molar-refractivity contribution >= 4 is 5.91 Å². The van der Waals surface area contributed by atoms with Gasteiger partial charge in [0, 0.05) is 6.42 Å². The lowest BCUT2D eigenvalue weighted by Crippen LogP contribution is -2.66. The second kappa shape index (κ2) is 60.7. The fraction of sp³-hybridized carbons (Fsp3) is 0.863. The molecule has 3 rings (SSSR count). The fourth-order valence-electron chi connectivity index (χ4n) is 13.4. The summed E-state index contributed by atoms with van der Waals surface area (Å²) < 4.78 is 34.5. The molecule has 0 saturated carbocycles.